The molecule has 0 unspecified atom stereocenters. The molecule has 1 aliphatic rings. The highest BCUT2D eigenvalue weighted by atomic mass is 15.1. The molecule has 1 aromatic heterocycles. The highest BCUT2D eigenvalue weighted by Gasteiger charge is 2.06. The molecule has 1 aromatic rings. The lowest BCUT2D eigenvalue weighted by atomic mass is 10.2. The number of hydrogen-bond donors (Lipinski definition) is 1. The minimum atomic E-state index is 0.893. The summed E-state index contributed by atoms with van der Waals surface area (Å²) in [4.78, 5) is 4.15. The Morgan fingerprint density at radius 1 is 1.64 bits per heavy atom. The van der Waals surface area contributed by atoms with Gasteiger partial charge in [0.05, 0.1) is 6.34 Å². The van der Waals surface area contributed by atoms with Crippen molar-refractivity contribution in [3.63, 3.8) is 0 Å². The second-order valence-electron chi connectivity index (χ2n) is 2.73. The fourth-order valence-corrected chi connectivity index (χ4v) is 1.33. The molecular weight excluding hydrogens is 138 g/mol. The van der Waals surface area contributed by atoms with Crippen molar-refractivity contribution in [2.45, 2.75) is 6.42 Å². The summed E-state index contributed by atoms with van der Waals surface area (Å²) in [6.45, 7) is 0.893. The van der Waals surface area contributed by atoms with E-state index in [1.165, 1.54) is 11.4 Å². The summed E-state index contributed by atoms with van der Waals surface area (Å²) in [6, 6.07) is 2.14. The van der Waals surface area contributed by atoms with Crippen molar-refractivity contribution in [2.75, 3.05) is 11.9 Å². The Labute approximate surface area is 65.7 Å². The van der Waals surface area contributed by atoms with Gasteiger partial charge in [-0.05, 0) is 18.1 Å². The zero-order chi connectivity index (χ0) is 7.68. The fourth-order valence-electron chi connectivity index (χ4n) is 1.33. The Kier molecular flexibility index (Phi) is 1.42. The first-order valence-electron chi connectivity index (χ1n) is 3.77. The first-order valence-corrected chi connectivity index (χ1v) is 3.77. The normalized spacial score (nSPS) is 15.4. The topological polar surface area (TPSA) is 29.3 Å². The van der Waals surface area contributed by atoms with Crippen molar-refractivity contribution in [2.24, 2.45) is 12.0 Å². The number of aryl methyl sites for hydroxylation is 1. The molecule has 0 amide bonds. The molecule has 3 nitrogen and oxygen atoms in total. The van der Waals surface area contributed by atoms with Crippen molar-refractivity contribution >= 4 is 12.2 Å². The molecule has 0 aromatic carbocycles. The molecular formula is C8H11N3. The molecule has 2 heterocycles. The van der Waals surface area contributed by atoms with E-state index in [2.05, 4.69) is 27.1 Å². The van der Waals surface area contributed by atoms with Gasteiger partial charge >= 0.3 is 0 Å². The Bertz CT molecular complexity index is 286. The molecule has 0 spiro atoms. The quantitative estimate of drug-likeness (QED) is 0.586. The first kappa shape index (κ1) is 6.46. The van der Waals surface area contributed by atoms with Crippen LogP contribution in [0.2, 0.25) is 0 Å². The maximum absolute atomic E-state index is 4.15. The predicted molar refractivity (Wildman–Crippen MR) is 46.1 cm³/mol. The molecule has 0 atom stereocenters. The Hall–Kier alpha value is -1.25. The third-order valence-electron chi connectivity index (χ3n) is 1.96. The van der Waals surface area contributed by atoms with Gasteiger partial charge in [-0.15, -0.1) is 0 Å². The van der Waals surface area contributed by atoms with Gasteiger partial charge in [-0.3, -0.25) is 4.99 Å². The molecule has 0 aliphatic carbocycles. The van der Waals surface area contributed by atoms with Gasteiger partial charge in [-0.1, -0.05) is 0 Å². The van der Waals surface area contributed by atoms with E-state index < -0.39 is 0 Å². The first-order chi connectivity index (χ1) is 5.38. The molecule has 0 fully saturated rings. The van der Waals surface area contributed by atoms with Crippen LogP contribution in [0.4, 0.5) is 5.82 Å². The van der Waals surface area contributed by atoms with Crippen LogP contribution >= 0.6 is 0 Å². The largest absolute Gasteiger partial charge is 0.337 e. The van der Waals surface area contributed by atoms with Crippen molar-refractivity contribution in [3.05, 3.63) is 17.8 Å². The number of fused-ring (bicyclic) bond motifs is 1. The summed E-state index contributed by atoms with van der Waals surface area (Å²) in [7, 11) is 2.03. The van der Waals surface area contributed by atoms with Gasteiger partial charge in [0, 0.05) is 19.8 Å². The van der Waals surface area contributed by atoms with E-state index in [0.717, 1.165) is 13.0 Å². The van der Waals surface area contributed by atoms with Crippen LogP contribution in [0.5, 0.6) is 0 Å². The van der Waals surface area contributed by atoms with Crippen molar-refractivity contribution < 1.29 is 0 Å². The average Bonchev–Trinajstić information content (AvgIpc) is 2.25. The van der Waals surface area contributed by atoms with E-state index in [9.17, 15) is 0 Å². The van der Waals surface area contributed by atoms with E-state index in [1.807, 2.05) is 7.05 Å². The van der Waals surface area contributed by atoms with Crippen LogP contribution in [-0.4, -0.2) is 17.5 Å². The molecule has 0 radical (unpaired) electrons. The number of nitrogens with one attached hydrogen (secondary N) is 1. The third-order valence-corrected chi connectivity index (χ3v) is 1.96. The summed E-state index contributed by atoms with van der Waals surface area (Å²) in [5, 5.41) is 3.14. The lowest BCUT2D eigenvalue weighted by Gasteiger charge is -2.02. The van der Waals surface area contributed by atoms with Crippen LogP contribution in [0.25, 0.3) is 0 Å². The van der Waals surface area contributed by atoms with Crippen LogP contribution in [-0.2, 0) is 13.5 Å². The average molecular weight is 149 g/mol. The number of nitrogens with zero attached hydrogens (tertiary/aromatic N) is 2. The third kappa shape index (κ3) is 1.02. The van der Waals surface area contributed by atoms with Crippen molar-refractivity contribution in [1.82, 2.24) is 4.57 Å². The van der Waals surface area contributed by atoms with Crippen LogP contribution < -0.4 is 5.32 Å². The molecule has 1 N–H and O–H groups in total. The second kappa shape index (κ2) is 2.42. The molecule has 0 saturated carbocycles. The fraction of sp³-hybridized carbons (Fsp3) is 0.375. The lowest BCUT2D eigenvalue weighted by molar-refractivity contribution is 0.929. The van der Waals surface area contributed by atoms with Crippen LogP contribution in [0.3, 0.4) is 0 Å². The molecule has 58 valence electrons. The second-order valence-corrected chi connectivity index (χ2v) is 2.73. The highest BCUT2D eigenvalue weighted by Crippen LogP contribution is 2.17. The van der Waals surface area contributed by atoms with Gasteiger partial charge < -0.3 is 9.88 Å². The maximum atomic E-state index is 4.15. The molecule has 0 saturated heterocycles. The summed E-state index contributed by atoms with van der Waals surface area (Å²) < 4.78 is 2.08. The summed E-state index contributed by atoms with van der Waals surface area (Å²) >= 11 is 0. The number of aliphatic imine (C=N–C) groups is 1. The highest BCUT2D eigenvalue weighted by molar-refractivity contribution is 5.76. The number of hydrogen-bond acceptors (Lipinski definition) is 2. The standard InChI is InChI=1S/C8H11N3/c1-11-5-3-7-2-4-9-6-10-8(7)11/h3,5-6H,2,4H2,1H3,(H,9,10). The summed E-state index contributed by atoms with van der Waals surface area (Å²) in [6.07, 6.45) is 4.88. The number of aromatic nitrogens is 1. The number of rotatable bonds is 0. The van der Waals surface area contributed by atoms with Gasteiger partial charge in [-0.25, -0.2) is 0 Å². The Morgan fingerprint density at radius 2 is 2.55 bits per heavy atom. The van der Waals surface area contributed by atoms with Crippen LogP contribution in [0, 0.1) is 0 Å². The zero-order valence-corrected chi connectivity index (χ0v) is 6.54. The Morgan fingerprint density at radius 3 is 3.45 bits per heavy atom. The van der Waals surface area contributed by atoms with E-state index in [4.69, 9.17) is 0 Å². The van der Waals surface area contributed by atoms with E-state index >= 15 is 0 Å². The summed E-state index contributed by atoms with van der Waals surface area (Å²) in [5.74, 6) is 1.17. The summed E-state index contributed by atoms with van der Waals surface area (Å²) in [5.41, 5.74) is 1.35. The van der Waals surface area contributed by atoms with Gasteiger partial charge in [0.15, 0.2) is 0 Å². The smallest absolute Gasteiger partial charge is 0.114 e. The zero-order valence-electron chi connectivity index (χ0n) is 6.54. The predicted octanol–water partition coefficient (Wildman–Crippen LogP) is 1.02. The van der Waals surface area contributed by atoms with Crippen LogP contribution in [0.15, 0.2) is 17.3 Å². The van der Waals surface area contributed by atoms with Crippen LogP contribution in [0.1, 0.15) is 5.56 Å². The van der Waals surface area contributed by atoms with Crippen molar-refractivity contribution in [3.8, 4) is 0 Å². The SMILES string of the molecule is Cn1ccc2c1NC=NCC2. The van der Waals surface area contributed by atoms with E-state index in [-0.39, 0.29) is 0 Å². The molecule has 11 heavy (non-hydrogen) atoms. The van der Waals surface area contributed by atoms with Gasteiger partial charge in [0.25, 0.3) is 0 Å². The van der Waals surface area contributed by atoms with Gasteiger partial charge in [-0.2, -0.15) is 0 Å². The van der Waals surface area contributed by atoms with Gasteiger partial charge in [0.1, 0.15) is 5.82 Å². The lowest BCUT2D eigenvalue weighted by Crippen LogP contribution is -2.00. The van der Waals surface area contributed by atoms with E-state index in [0.29, 0.717) is 0 Å². The molecule has 0 bridgehead atoms. The monoisotopic (exact) mass is 149 g/mol. The molecule has 1 aliphatic heterocycles. The molecule has 3 heteroatoms. The number of anilines is 1. The van der Waals surface area contributed by atoms with Gasteiger partial charge in [0.2, 0.25) is 0 Å². The molecule has 2 rings (SSSR count). The van der Waals surface area contributed by atoms with Crippen molar-refractivity contribution in [1.29, 1.82) is 0 Å². The maximum Gasteiger partial charge on any atom is 0.114 e. The Balaban J connectivity index is 2.43. The van der Waals surface area contributed by atoms with E-state index in [1.54, 1.807) is 6.34 Å². The minimum Gasteiger partial charge on any atom is -0.337 e. The minimum absolute atomic E-state index is 0.893.